The van der Waals surface area contributed by atoms with Gasteiger partial charge in [-0.15, -0.1) is 0 Å². The molecule has 0 bridgehead atoms. The Morgan fingerprint density at radius 1 is 1.67 bits per heavy atom. The molecule has 0 saturated heterocycles. The summed E-state index contributed by atoms with van der Waals surface area (Å²) in [7, 11) is 0. The fourth-order valence-electron chi connectivity index (χ4n) is 1.11. The summed E-state index contributed by atoms with van der Waals surface area (Å²) in [5.41, 5.74) is -0.427. The Hall–Kier alpha value is -1.92. The molecule has 7 nitrogen and oxygen atoms in total. The monoisotopic (exact) mass is 212 g/mol. The second-order valence-corrected chi connectivity index (χ2v) is 4.07. The predicted octanol–water partition coefficient (Wildman–Crippen LogP) is 1.47. The van der Waals surface area contributed by atoms with E-state index < -0.39 is 10.3 Å². The van der Waals surface area contributed by atoms with E-state index >= 15 is 0 Å². The van der Waals surface area contributed by atoms with Crippen molar-refractivity contribution in [3.05, 3.63) is 22.6 Å². The Bertz CT molecular complexity index is 402. The Morgan fingerprint density at radius 2 is 2.27 bits per heavy atom. The number of oxime groups is 1. The summed E-state index contributed by atoms with van der Waals surface area (Å²) in [6, 6.07) is 0. The standard InChI is InChI=1S/C8H12N4O3/c1-8(2,3)7(10-13)11-4-6(9-5-11)12(14)15/h4-5,13H,1-3H3/b10-7+. The molecule has 0 aliphatic carbocycles. The van der Waals surface area contributed by atoms with Crippen LogP contribution in [0.25, 0.3) is 0 Å². The highest BCUT2D eigenvalue weighted by molar-refractivity contribution is 5.88. The molecule has 0 fully saturated rings. The summed E-state index contributed by atoms with van der Waals surface area (Å²) in [6.45, 7) is 5.48. The highest BCUT2D eigenvalue weighted by Gasteiger charge is 2.24. The first-order valence-corrected chi connectivity index (χ1v) is 4.27. The summed E-state index contributed by atoms with van der Waals surface area (Å²) in [4.78, 5) is 13.4. The fourth-order valence-corrected chi connectivity index (χ4v) is 1.11. The van der Waals surface area contributed by atoms with Crippen LogP contribution in [0, 0.1) is 15.5 Å². The topological polar surface area (TPSA) is 93.6 Å². The van der Waals surface area contributed by atoms with Gasteiger partial charge in [0, 0.05) is 5.41 Å². The average Bonchev–Trinajstić information content (AvgIpc) is 2.51. The van der Waals surface area contributed by atoms with E-state index in [9.17, 15) is 10.1 Å². The summed E-state index contributed by atoms with van der Waals surface area (Å²) < 4.78 is 1.33. The minimum absolute atomic E-state index is 0.277. The number of rotatable bonds is 1. The minimum Gasteiger partial charge on any atom is -0.409 e. The van der Waals surface area contributed by atoms with Crippen molar-refractivity contribution in [2.24, 2.45) is 10.6 Å². The lowest BCUT2D eigenvalue weighted by molar-refractivity contribution is -0.389. The average molecular weight is 212 g/mol. The molecule has 0 atom stereocenters. The Morgan fingerprint density at radius 3 is 2.60 bits per heavy atom. The van der Waals surface area contributed by atoms with Gasteiger partial charge in [0.1, 0.15) is 6.20 Å². The number of nitro groups is 1. The van der Waals surface area contributed by atoms with Gasteiger partial charge in [-0.2, -0.15) is 0 Å². The van der Waals surface area contributed by atoms with Crippen LogP contribution in [0.4, 0.5) is 5.82 Å². The van der Waals surface area contributed by atoms with Crippen molar-refractivity contribution in [2.75, 3.05) is 0 Å². The number of hydrogen-bond donors (Lipinski definition) is 1. The SMILES string of the molecule is CC(C)(C)/C(=N\O)n1cnc([N+](=O)[O-])c1. The van der Waals surface area contributed by atoms with E-state index in [-0.39, 0.29) is 5.82 Å². The van der Waals surface area contributed by atoms with Crippen LogP contribution in [0.15, 0.2) is 17.7 Å². The van der Waals surface area contributed by atoms with Crippen molar-refractivity contribution in [3.63, 3.8) is 0 Å². The molecule has 0 aliphatic rings. The highest BCUT2D eigenvalue weighted by Crippen LogP contribution is 2.18. The molecule has 0 unspecified atom stereocenters. The summed E-state index contributed by atoms with van der Waals surface area (Å²) in [5, 5.41) is 22.4. The van der Waals surface area contributed by atoms with E-state index in [1.54, 1.807) is 0 Å². The van der Waals surface area contributed by atoms with Crippen LogP contribution in [-0.2, 0) is 0 Å². The van der Waals surface area contributed by atoms with Crippen molar-refractivity contribution in [1.29, 1.82) is 0 Å². The van der Waals surface area contributed by atoms with Crippen LogP contribution in [0.3, 0.4) is 0 Å². The zero-order valence-electron chi connectivity index (χ0n) is 8.71. The van der Waals surface area contributed by atoms with Gasteiger partial charge in [-0.3, -0.25) is 4.57 Å². The van der Waals surface area contributed by atoms with E-state index in [4.69, 9.17) is 5.21 Å². The number of imidazole rings is 1. The van der Waals surface area contributed by atoms with Gasteiger partial charge in [0.25, 0.3) is 0 Å². The van der Waals surface area contributed by atoms with Gasteiger partial charge in [0.05, 0.1) is 0 Å². The lowest BCUT2D eigenvalue weighted by Crippen LogP contribution is -2.26. The van der Waals surface area contributed by atoms with Gasteiger partial charge in [0.15, 0.2) is 5.84 Å². The van der Waals surface area contributed by atoms with Gasteiger partial charge < -0.3 is 15.3 Å². The van der Waals surface area contributed by atoms with Crippen LogP contribution in [0.2, 0.25) is 0 Å². The lowest BCUT2D eigenvalue weighted by Gasteiger charge is -2.18. The van der Waals surface area contributed by atoms with E-state index in [2.05, 4.69) is 10.1 Å². The lowest BCUT2D eigenvalue weighted by atomic mass is 9.95. The third-order valence-corrected chi connectivity index (χ3v) is 1.77. The molecule has 1 aromatic rings. The van der Waals surface area contributed by atoms with E-state index in [1.165, 1.54) is 17.1 Å². The molecule has 1 rings (SSSR count). The normalized spacial score (nSPS) is 12.9. The molecule has 0 amide bonds. The molecule has 1 heterocycles. The van der Waals surface area contributed by atoms with Gasteiger partial charge in [-0.25, -0.2) is 0 Å². The molecule has 15 heavy (non-hydrogen) atoms. The molecule has 0 spiro atoms. The van der Waals surface area contributed by atoms with Crippen LogP contribution in [-0.4, -0.2) is 25.5 Å². The van der Waals surface area contributed by atoms with Crippen molar-refractivity contribution >= 4 is 11.7 Å². The second kappa shape index (κ2) is 3.68. The van der Waals surface area contributed by atoms with Gasteiger partial charge >= 0.3 is 5.82 Å². The Labute approximate surface area is 86.2 Å². The zero-order valence-corrected chi connectivity index (χ0v) is 8.71. The maximum atomic E-state index is 10.4. The van der Waals surface area contributed by atoms with Crippen molar-refractivity contribution in [2.45, 2.75) is 20.8 Å². The van der Waals surface area contributed by atoms with E-state index in [0.717, 1.165) is 0 Å². The van der Waals surface area contributed by atoms with Gasteiger partial charge in [-0.1, -0.05) is 25.9 Å². The van der Waals surface area contributed by atoms with E-state index in [0.29, 0.717) is 5.84 Å². The first-order valence-electron chi connectivity index (χ1n) is 4.27. The molecule has 7 heteroatoms. The van der Waals surface area contributed by atoms with Gasteiger partial charge in [-0.05, 0) is 9.91 Å². The predicted molar refractivity (Wildman–Crippen MR) is 53.0 cm³/mol. The minimum atomic E-state index is -0.603. The van der Waals surface area contributed by atoms with Crippen LogP contribution in [0.5, 0.6) is 0 Å². The summed E-state index contributed by atoms with van der Waals surface area (Å²) in [5.74, 6) is 0.0171. The first-order chi connectivity index (χ1) is 6.86. The third-order valence-electron chi connectivity index (χ3n) is 1.77. The molecule has 1 aromatic heterocycles. The smallest absolute Gasteiger partial charge is 0.381 e. The number of hydrogen-bond acceptors (Lipinski definition) is 5. The Kier molecular flexibility index (Phi) is 2.74. The van der Waals surface area contributed by atoms with Gasteiger partial charge in [0.2, 0.25) is 6.33 Å². The maximum absolute atomic E-state index is 10.4. The zero-order chi connectivity index (χ0) is 11.6. The number of aromatic nitrogens is 2. The van der Waals surface area contributed by atoms with Crippen LogP contribution >= 0.6 is 0 Å². The second-order valence-electron chi connectivity index (χ2n) is 4.07. The molecular weight excluding hydrogens is 200 g/mol. The molecular formula is C8H12N4O3. The summed E-state index contributed by atoms with van der Waals surface area (Å²) in [6.07, 6.45) is 2.46. The maximum Gasteiger partial charge on any atom is 0.381 e. The molecule has 0 aliphatic heterocycles. The fraction of sp³-hybridized carbons (Fsp3) is 0.500. The Balaban J connectivity index is 3.11. The molecule has 0 aromatic carbocycles. The molecule has 82 valence electrons. The van der Waals surface area contributed by atoms with Crippen LogP contribution < -0.4 is 0 Å². The molecule has 0 radical (unpaired) electrons. The largest absolute Gasteiger partial charge is 0.409 e. The van der Waals surface area contributed by atoms with Crippen molar-refractivity contribution < 1.29 is 10.1 Å². The first kappa shape index (κ1) is 11.2. The number of nitrogens with zero attached hydrogens (tertiary/aromatic N) is 4. The molecule has 0 saturated carbocycles. The van der Waals surface area contributed by atoms with E-state index in [1.807, 2.05) is 20.8 Å². The highest BCUT2D eigenvalue weighted by atomic mass is 16.6. The van der Waals surface area contributed by atoms with Crippen molar-refractivity contribution in [3.8, 4) is 0 Å². The third kappa shape index (κ3) is 2.30. The quantitative estimate of drug-likeness (QED) is 0.251. The summed E-state index contributed by atoms with van der Waals surface area (Å²) >= 11 is 0. The van der Waals surface area contributed by atoms with Crippen LogP contribution in [0.1, 0.15) is 20.8 Å². The molecule has 1 N–H and O–H groups in total. The van der Waals surface area contributed by atoms with Crippen molar-refractivity contribution in [1.82, 2.24) is 9.55 Å².